The van der Waals surface area contributed by atoms with E-state index >= 15 is 0 Å². The molecule has 2 aromatic carbocycles. The molecule has 162 valence electrons. The average molecular weight is 527 g/mol. The number of nitrogens with one attached hydrogen (secondary N) is 1. The molecule has 0 aromatic heterocycles. The lowest BCUT2D eigenvalue weighted by Gasteiger charge is -2.36. The van der Waals surface area contributed by atoms with Crippen molar-refractivity contribution in [3.63, 3.8) is 0 Å². The minimum Gasteiger partial charge on any atom is -0.455 e. The largest absolute Gasteiger partial charge is 0.455 e. The molecule has 1 N–H and O–H groups in total. The SMILES string of the molecule is C1=CC2NC=C(CCCN3CCN(c4ccccc4Oc4ccccc4)CC3)C2C=I1. The minimum absolute atomic E-state index is 0.165. The predicted octanol–water partition coefficient (Wildman–Crippen LogP) is 5.15. The van der Waals surface area contributed by atoms with Crippen LogP contribution in [0.1, 0.15) is 12.8 Å². The number of anilines is 1. The summed E-state index contributed by atoms with van der Waals surface area (Å²) in [4.78, 5) is 5.09. The van der Waals surface area contributed by atoms with Gasteiger partial charge in [0.15, 0.2) is 5.75 Å². The summed E-state index contributed by atoms with van der Waals surface area (Å²) in [6.45, 7) is 5.52. The highest BCUT2D eigenvalue weighted by molar-refractivity contribution is 14.2. The smallest absolute Gasteiger partial charge is 0.150 e. The van der Waals surface area contributed by atoms with Crippen LogP contribution < -0.4 is 15.0 Å². The van der Waals surface area contributed by atoms with E-state index in [4.69, 9.17) is 4.74 Å². The summed E-state index contributed by atoms with van der Waals surface area (Å²) in [5.74, 6) is 2.49. The van der Waals surface area contributed by atoms with Gasteiger partial charge in [-0.1, -0.05) is 57.1 Å². The van der Waals surface area contributed by atoms with Crippen molar-refractivity contribution in [2.75, 3.05) is 37.6 Å². The Hall–Kier alpha value is -2.12. The molecule has 3 heterocycles. The molecule has 0 aliphatic carbocycles. The van der Waals surface area contributed by atoms with Crippen LogP contribution in [0.4, 0.5) is 5.69 Å². The van der Waals surface area contributed by atoms with E-state index in [1.807, 2.05) is 30.3 Å². The molecule has 2 atom stereocenters. The van der Waals surface area contributed by atoms with Gasteiger partial charge in [-0.15, -0.1) is 0 Å². The van der Waals surface area contributed by atoms with Gasteiger partial charge in [0, 0.05) is 32.1 Å². The van der Waals surface area contributed by atoms with Crippen LogP contribution in [0.2, 0.25) is 0 Å². The molecule has 1 saturated heterocycles. The van der Waals surface area contributed by atoms with Gasteiger partial charge in [-0.25, -0.2) is 0 Å². The molecular weight excluding hydrogens is 497 g/mol. The number of fused-ring (bicyclic) bond motifs is 1. The lowest BCUT2D eigenvalue weighted by molar-refractivity contribution is 0.254. The molecule has 4 nitrogen and oxygen atoms in total. The quantitative estimate of drug-likeness (QED) is 0.504. The summed E-state index contributed by atoms with van der Waals surface area (Å²) in [5, 5.41) is 3.55. The van der Waals surface area contributed by atoms with Crippen LogP contribution in [0.3, 0.4) is 0 Å². The lowest BCUT2D eigenvalue weighted by Crippen LogP contribution is -2.46. The predicted molar refractivity (Wildman–Crippen MR) is 139 cm³/mol. The number of hydrogen-bond acceptors (Lipinski definition) is 4. The minimum atomic E-state index is 0.165. The zero-order valence-corrected chi connectivity index (χ0v) is 19.9. The topological polar surface area (TPSA) is 27.7 Å². The van der Waals surface area contributed by atoms with Crippen molar-refractivity contribution in [3.8, 4) is 11.5 Å². The van der Waals surface area contributed by atoms with Gasteiger partial charge in [-0.3, -0.25) is 4.90 Å². The average Bonchev–Trinajstić information content (AvgIpc) is 3.24. The maximum Gasteiger partial charge on any atom is 0.150 e. The molecule has 2 aromatic rings. The second kappa shape index (κ2) is 10.0. The first-order chi connectivity index (χ1) is 15.4. The number of piperazine rings is 1. The van der Waals surface area contributed by atoms with Crippen molar-refractivity contribution in [2.45, 2.75) is 18.9 Å². The normalized spacial score (nSPS) is 23.0. The standard InChI is InChI=1S/C26H30IN3O/c1-2-8-22(9-3-1)31-26-11-5-4-10-25(26)30-17-15-29(16-18-30)14-6-7-21-20-28-24-12-13-27-19-23(21)24/h1-5,8-13,19-20,23-24,28H,6-7,14-18H2. The van der Waals surface area contributed by atoms with Gasteiger partial charge in [0.1, 0.15) is 5.75 Å². The molecule has 31 heavy (non-hydrogen) atoms. The molecule has 0 amide bonds. The summed E-state index contributed by atoms with van der Waals surface area (Å²) < 4.78 is 11.1. The summed E-state index contributed by atoms with van der Waals surface area (Å²) >= 11 is 0.165. The molecule has 5 rings (SSSR count). The van der Waals surface area contributed by atoms with E-state index in [-0.39, 0.29) is 20.7 Å². The Balaban J connectivity index is 1.11. The molecule has 3 aliphatic heterocycles. The molecular formula is C26H30IN3O. The summed E-state index contributed by atoms with van der Waals surface area (Å²) in [5.41, 5.74) is 2.81. The van der Waals surface area contributed by atoms with Crippen LogP contribution in [0, 0.1) is 5.92 Å². The van der Waals surface area contributed by atoms with Crippen LogP contribution >= 0.6 is 20.7 Å². The Morgan fingerprint density at radius 1 is 0.968 bits per heavy atom. The number of para-hydroxylation sites is 3. The summed E-state index contributed by atoms with van der Waals surface area (Å²) in [7, 11) is 0. The van der Waals surface area contributed by atoms with E-state index in [1.54, 1.807) is 5.57 Å². The zero-order chi connectivity index (χ0) is 20.9. The second-order valence-electron chi connectivity index (χ2n) is 8.32. The van der Waals surface area contributed by atoms with Crippen molar-refractivity contribution in [2.24, 2.45) is 5.92 Å². The fraction of sp³-hybridized carbons (Fsp3) is 0.346. The number of rotatable bonds is 7. The first-order valence-electron chi connectivity index (χ1n) is 11.2. The third kappa shape index (κ3) is 5.04. The second-order valence-corrected chi connectivity index (χ2v) is 10.5. The van der Waals surface area contributed by atoms with Crippen LogP contribution in [-0.2, 0) is 0 Å². The maximum absolute atomic E-state index is 6.18. The van der Waals surface area contributed by atoms with Crippen LogP contribution in [-0.4, -0.2) is 47.7 Å². The fourth-order valence-corrected chi connectivity index (χ4v) is 6.87. The third-order valence-electron chi connectivity index (χ3n) is 6.33. The van der Waals surface area contributed by atoms with Gasteiger partial charge in [0.25, 0.3) is 0 Å². The summed E-state index contributed by atoms with van der Waals surface area (Å²) in [6, 6.07) is 19.0. The molecule has 3 aliphatic rings. The molecule has 0 radical (unpaired) electrons. The van der Waals surface area contributed by atoms with Crippen LogP contribution in [0.15, 0.2) is 76.5 Å². The third-order valence-corrected chi connectivity index (χ3v) is 8.35. The van der Waals surface area contributed by atoms with Crippen molar-refractivity contribution in [3.05, 3.63) is 76.5 Å². The van der Waals surface area contributed by atoms with Gasteiger partial charge < -0.3 is 15.0 Å². The van der Waals surface area contributed by atoms with Gasteiger partial charge in [-0.2, -0.15) is 0 Å². The molecule has 0 bridgehead atoms. The van der Waals surface area contributed by atoms with Gasteiger partial charge in [0.05, 0.1) is 11.7 Å². The van der Waals surface area contributed by atoms with Crippen molar-refractivity contribution in [1.82, 2.24) is 10.2 Å². The Labute approximate surface area is 195 Å². The molecule has 5 heteroatoms. The highest BCUT2D eigenvalue weighted by atomic mass is 127. The van der Waals surface area contributed by atoms with Gasteiger partial charge in [-0.05, 0) is 63.5 Å². The zero-order valence-electron chi connectivity index (χ0n) is 17.8. The number of ether oxygens (including phenoxy) is 1. The Morgan fingerprint density at radius 2 is 1.77 bits per heavy atom. The number of hydrogen-bond donors (Lipinski definition) is 1. The monoisotopic (exact) mass is 527 g/mol. The summed E-state index contributed by atoms with van der Waals surface area (Å²) in [6.07, 6.45) is 7.13. The van der Waals surface area contributed by atoms with Crippen LogP contribution in [0.25, 0.3) is 0 Å². The van der Waals surface area contributed by atoms with Crippen LogP contribution in [0.5, 0.6) is 11.5 Å². The lowest BCUT2D eigenvalue weighted by atomic mass is 9.94. The maximum atomic E-state index is 6.18. The van der Waals surface area contributed by atoms with E-state index in [2.05, 4.69) is 59.8 Å². The molecule has 1 fully saturated rings. The van der Waals surface area contributed by atoms with Crippen molar-refractivity contribution >= 4 is 30.4 Å². The van der Waals surface area contributed by atoms with E-state index in [9.17, 15) is 0 Å². The van der Waals surface area contributed by atoms with Crippen molar-refractivity contribution in [1.29, 1.82) is 0 Å². The number of benzene rings is 2. The molecule has 0 spiro atoms. The Morgan fingerprint density at radius 3 is 2.65 bits per heavy atom. The first-order valence-corrected chi connectivity index (χ1v) is 13.7. The molecule has 0 saturated carbocycles. The highest BCUT2D eigenvalue weighted by Gasteiger charge is 2.27. The van der Waals surface area contributed by atoms with E-state index in [1.165, 1.54) is 25.1 Å². The van der Waals surface area contributed by atoms with E-state index in [0.29, 0.717) is 12.0 Å². The Bertz CT molecular complexity index is 964. The number of halogens is 1. The van der Waals surface area contributed by atoms with Crippen molar-refractivity contribution < 1.29 is 4.74 Å². The Kier molecular flexibility index (Phi) is 6.70. The van der Waals surface area contributed by atoms with E-state index in [0.717, 1.165) is 37.7 Å². The molecule has 2 unspecified atom stereocenters. The van der Waals surface area contributed by atoms with E-state index < -0.39 is 0 Å². The van der Waals surface area contributed by atoms with Gasteiger partial charge >= 0.3 is 0 Å². The first kappa shape index (κ1) is 20.8. The fourth-order valence-electron chi connectivity index (χ4n) is 4.59. The van der Waals surface area contributed by atoms with Gasteiger partial charge in [0.2, 0.25) is 0 Å². The number of nitrogens with zero attached hydrogens (tertiary/aromatic N) is 2. The highest BCUT2D eigenvalue weighted by Crippen LogP contribution is 2.33.